The van der Waals surface area contributed by atoms with Crippen LogP contribution in [0.2, 0.25) is 10.0 Å². The molecule has 0 amide bonds. The highest BCUT2D eigenvalue weighted by atomic mass is 35.5. The van der Waals surface area contributed by atoms with Crippen LogP contribution < -0.4 is 10.5 Å². The van der Waals surface area contributed by atoms with Crippen LogP contribution >= 0.6 is 23.2 Å². The van der Waals surface area contributed by atoms with E-state index in [-0.39, 0.29) is 28.1 Å². The first kappa shape index (κ1) is 16.6. The maximum atomic E-state index is 12.1. The lowest BCUT2D eigenvalue weighted by atomic mass is 10.00. The number of hydrogen-bond acceptors (Lipinski definition) is 4. The Morgan fingerprint density at radius 2 is 1.79 bits per heavy atom. The Morgan fingerprint density at radius 1 is 1.12 bits per heavy atom. The molecule has 2 aromatic rings. The number of carbonyl (C=O) groups excluding carboxylic acids is 1. The Kier molecular flexibility index (Phi) is 4.88. The lowest BCUT2D eigenvalue weighted by molar-refractivity contribution is -0.114. The van der Waals surface area contributed by atoms with E-state index in [0.29, 0.717) is 23.6 Å². The van der Waals surface area contributed by atoms with Crippen molar-refractivity contribution in [3.63, 3.8) is 0 Å². The molecular weight excluding hydrogens is 347 g/mol. The van der Waals surface area contributed by atoms with Crippen LogP contribution in [0.3, 0.4) is 0 Å². The summed E-state index contributed by atoms with van der Waals surface area (Å²) in [4.78, 5) is 16.2. The summed E-state index contributed by atoms with van der Waals surface area (Å²) >= 11 is 12.2. The molecule has 0 spiro atoms. The van der Waals surface area contributed by atoms with Gasteiger partial charge in [0.25, 0.3) is 0 Å². The predicted octanol–water partition coefficient (Wildman–Crippen LogP) is 4.10. The first-order valence-electron chi connectivity index (χ1n) is 7.27. The van der Waals surface area contributed by atoms with Crippen molar-refractivity contribution in [2.75, 3.05) is 12.3 Å². The van der Waals surface area contributed by atoms with Crippen LogP contribution in [0.5, 0.6) is 5.75 Å². The molecule has 0 radical (unpaired) electrons. The van der Waals surface area contributed by atoms with E-state index in [9.17, 15) is 4.79 Å². The third-order valence-electron chi connectivity index (χ3n) is 3.50. The molecule has 0 saturated carbocycles. The number of ether oxygens (including phenoxy) is 1. The third-order valence-corrected chi connectivity index (χ3v) is 4.06. The van der Waals surface area contributed by atoms with Gasteiger partial charge in [0.05, 0.1) is 10.0 Å². The Bertz CT molecular complexity index is 822. The Labute approximate surface area is 149 Å². The van der Waals surface area contributed by atoms with E-state index in [2.05, 4.69) is 4.99 Å². The number of nitrogens with zero attached hydrogens (tertiary/aromatic N) is 1. The second kappa shape index (κ2) is 7.07. The van der Waals surface area contributed by atoms with E-state index in [1.807, 2.05) is 30.3 Å². The van der Waals surface area contributed by atoms with Crippen LogP contribution in [0.1, 0.15) is 5.56 Å². The normalized spacial score (nSPS) is 14.2. The molecule has 1 heterocycles. The van der Waals surface area contributed by atoms with Gasteiger partial charge in [0, 0.05) is 23.8 Å². The van der Waals surface area contributed by atoms with Crippen LogP contribution in [-0.2, 0) is 11.2 Å². The number of ketones is 1. The van der Waals surface area contributed by atoms with E-state index in [4.69, 9.17) is 33.7 Å². The van der Waals surface area contributed by atoms with Gasteiger partial charge in [-0.25, -0.2) is 4.99 Å². The molecule has 0 atom stereocenters. The number of aliphatic imine (C=N–C) groups is 1. The Balaban J connectivity index is 1.83. The molecule has 1 aliphatic heterocycles. The number of halogens is 2. The number of Topliss-reactive ketones (excluding diaryl/α,β-unsaturated/α-hetero) is 1. The van der Waals surface area contributed by atoms with Gasteiger partial charge in [-0.15, -0.1) is 0 Å². The SMILES string of the molecule is Nc1cc(Cl)c(OC2=NCC(=O)C(Cc3ccccc3)=C2)c(Cl)c1. The minimum Gasteiger partial charge on any atom is -0.436 e. The standard InChI is InChI=1S/C18H14Cl2N2O2/c19-14-8-13(21)9-15(20)18(14)24-17-7-12(16(23)10-22-17)6-11-4-2-1-3-5-11/h1-5,7-9H,6,10,21H2. The van der Waals surface area contributed by atoms with Gasteiger partial charge in [0.15, 0.2) is 11.5 Å². The highest BCUT2D eigenvalue weighted by molar-refractivity contribution is 6.37. The van der Waals surface area contributed by atoms with E-state index in [0.717, 1.165) is 5.56 Å². The molecule has 1 aliphatic rings. The zero-order valence-corrected chi connectivity index (χ0v) is 14.1. The Morgan fingerprint density at radius 3 is 2.46 bits per heavy atom. The van der Waals surface area contributed by atoms with Crippen molar-refractivity contribution in [1.82, 2.24) is 0 Å². The van der Waals surface area contributed by atoms with E-state index < -0.39 is 0 Å². The smallest absolute Gasteiger partial charge is 0.215 e. The predicted molar refractivity (Wildman–Crippen MR) is 97.0 cm³/mol. The van der Waals surface area contributed by atoms with Crippen LogP contribution in [0.4, 0.5) is 5.69 Å². The first-order valence-corrected chi connectivity index (χ1v) is 8.03. The van der Waals surface area contributed by atoms with Crippen LogP contribution in [-0.4, -0.2) is 18.2 Å². The number of hydrogen-bond donors (Lipinski definition) is 1. The average molecular weight is 361 g/mol. The summed E-state index contributed by atoms with van der Waals surface area (Å²) in [6.45, 7) is 0.0399. The maximum Gasteiger partial charge on any atom is 0.215 e. The summed E-state index contributed by atoms with van der Waals surface area (Å²) in [6, 6.07) is 12.8. The van der Waals surface area contributed by atoms with Crippen molar-refractivity contribution in [2.24, 2.45) is 4.99 Å². The molecule has 2 N–H and O–H groups in total. The zero-order chi connectivity index (χ0) is 17.1. The minimum absolute atomic E-state index is 0.0271. The van der Waals surface area contributed by atoms with Crippen molar-refractivity contribution in [3.05, 3.63) is 69.7 Å². The second-order valence-electron chi connectivity index (χ2n) is 5.33. The molecule has 0 bridgehead atoms. The Hall–Kier alpha value is -2.30. The second-order valence-corrected chi connectivity index (χ2v) is 6.14. The van der Waals surface area contributed by atoms with Gasteiger partial charge in [-0.2, -0.15) is 0 Å². The van der Waals surface area contributed by atoms with Crippen molar-refractivity contribution in [2.45, 2.75) is 6.42 Å². The van der Waals surface area contributed by atoms with Gasteiger partial charge in [0.1, 0.15) is 6.54 Å². The first-order chi connectivity index (χ1) is 11.5. The van der Waals surface area contributed by atoms with Gasteiger partial charge >= 0.3 is 0 Å². The number of carbonyl (C=O) groups is 1. The van der Waals surface area contributed by atoms with Gasteiger partial charge in [-0.05, 0) is 17.7 Å². The lowest BCUT2D eigenvalue weighted by Gasteiger charge is -2.15. The van der Waals surface area contributed by atoms with Gasteiger partial charge in [-0.1, -0.05) is 53.5 Å². The van der Waals surface area contributed by atoms with Crippen molar-refractivity contribution >= 4 is 40.6 Å². The molecular formula is C18H14Cl2N2O2. The molecule has 24 heavy (non-hydrogen) atoms. The average Bonchev–Trinajstić information content (AvgIpc) is 2.55. The maximum absolute atomic E-state index is 12.1. The number of anilines is 1. The fraction of sp³-hybridized carbons (Fsp3) is 0.111. The van der Waals surface area contributed by atoms with Crippen molar-refractivity contribution in [1.29, 1.82) is 0 Å². The summed E-state index contributed by atoms with van der Waals surface area (Å²) in [5, 5.41) is 0.579. The summed E-state index contributed by atoms with van der Waals surface area (Å²) in [7, 11) is 0. The number of benzene rings is 2. The van der Waals surface area contributed by atoms with Crippen molar-refractivity contribution < 1.29 is 9.53 Å². The zero-order valence-electron chi connectivity index (χ0n) is 12.6. The molecule has 0 unspecified atom stereocenters. The molecule has 0 fully saturated rings. The van der Waals surface area contributed by atoms with Crippen LogP contribution in [0, 0.1) is 0 Å². The van der Waals surface area contributed by atoms with Gasteiger partial charge in [0.2, 0.25) is 5.90 Å². The fourth-order valence-electron chi connectivity index (χ4n) is 2.34. The molecule has 0 aliphatic carbocycles. The summed E-state index contributed by atoms with van der Waals surface area (Å²) < 4.78 is 5.69. The molecule has 3 rings (SSSR count). The van der Waals surface area contributed by atoms with Crippen LogP contribution in [0.15, 0.2) is 59.1 Å². The number of nitrogens with two attached hydrogens (primary N) is 1. The van der Waals surface area contributed by atoms with E-state index >= 15 is 0 Å². The monoisotopic (exact) mass is 360 g/mol. The quantitative estimate of drug-likeness (QED) is 0.837. The lowest BCUT2D eigenvalue weighted by Crippen LogP contribution is -2.20. The van der Waals surface area contributed by atoms with Gasteiger partial charge < -0.3 is 10.5 Å². The molecule has 0 aromatic heterocycles. The minimum atomic E-state index is -0.0271. The van der Waals surface area contributed by atoms with Crippen LogP contribution in [0.25, 0.3) is 0 Å². The summed E-state index contributed by atoms with van der Waals surface area (Å²) in [6.07, 6.45) is 2.15. The van der Waals surface area contributed by atoms with Gasteiger partial charge in [-0.3, -0.25) is 4.79 Å². The number of nitrogen functional groups attached to an aromatic ring is 1. The fourth-order valence-corrected chi connectivity index (χ4v) is 2.92. The topological polar surface area (TPSA) is 64.7 Å². The molecule has 2 aromatic carbocycles. The highest BCUT2D eigenvalue weighted by Gasteiger charge is 2.19. The molecule has 6 heteroatoms. The highest BCUT2D eigenvalue weighted by Crippen LogP contribution is 2.35. The van der Waals surface area contributed by atoms with Crippen molar-refractivity contribution in [3.8, 4) is 5.75 Å². The number of dihydropyridines is 1. The molecule has 4 nitrogen and oxygen atoms in total. The summed E-state index contributed by atoms with van der Waals surface area (Å²) in [5.41, 5.74) is 7.80. The summed E-state index contributed by atoms with van der Waals surface area (Å²) in [5.74, 6) is 0.547. The third kappa shape index (κ3) is 3.78. The number of rotatable bonds is 3. The molecule has 122 valence electrons. The largest absolute Gasteiger partial charge is 0.436 e. The van der Waals surface area contributed by atoms with E-state index in [1.54, 1.807) is 18.2 Å². The van der Waals surface area contributed by atoms with E-state index in [1.165, 1.54) is 0 Å². The molecule has 0 saturated heterocycles.